The van der Waals surface area contributed by atoms with E-state index in [1.807, 2.05) is 18.2 Å². The normalized spacial score (nSPS) is 17.9. The maximum absolute atomic E-state index is 6.05. The number of hydrogen-bond acceptors (Lipinski definition) is 7. The van der Waals surface area contributed by atoms with Crippen LogP contribution in [0.15, 0.2) is 46.6 Å². The molecule has 0 radical (unpaired) electrons. The van der Waals surface area contributed by atoms with Gasteiger partial charge in [0.1, 0.15) is 6.61 Å². The Morgan fingerprint density at radius 1 is 1.03 bits per heavy atom. The number of hydrogen-bond donors (Lipinski definition) is 0. The van der Waals surface area contributed by atoms with Gasteiger partial charge in [-0.15, -0.1) is 5.11 Å². The van der Waals surface area contributed by atoms with Crippen molar-refractivity contribution in [3.63, 3.8) is 0 Å². The summed E-state index contributed by atoms with van der Waals surface area (Å²) in [5.74, 6) is 1.20. The van der Waals surface area contributed by atoms with E-state index in [1.54, 1.807) is 0 Å². The van der Waals surface area contributed by atoms with Gasteiger partial charge in [-0.2, -0.15) is 10.1 Å². The summed E-state index contributed by atoms with van der Waals surface area (Å²) in [6.45, 7) is 9.72. The predicted molar refractivity (Wildman–Crippen MR) is 122 cm³/mol. The van der Waals surface area contributed by atoms with Gasteiger partial charge in [0.25, 0.3) is 0 Å². The van der Waals surface area contributed by atoms with Crippen molar-refractivity contribution in [1.82, 2.24) is 9.88 Å². The number of benzene rings is 1. The topological polar surface area (TPSA) is 62.6 Å². The summed E-state index contributed by atoms with van der Waals surface area (Å²) in [6.07, 6.45) is 3.92. The van der Waals surface area contributed by atoms with Crippen LogP contribution < -0.4 is 9.64 Å². The molecule has 7 nitrogen and oxygen atoms in total. The molecule has 3 heterocycles. The third kappa shape index (κ3) is 6.74. The van der Waals surface area contributed by atoms with Crippen molar-refractivity contribution in [1.29, 1.82) is 0 Å². The number of aryl methyl sites for hydroxylation is 1. The van der Waals surface area contributed by atoms with E-state index in [9.17, 15) is 0 Å². The lowest BCUT2D eigenvalue weighted by Gasteiger charge is -2.29. The Balaban J connectivity index is 1.43. The summed E-state index contributed by atoms with van der Waals surface area (Å²) in [4.78, 5) is 9.36. The van der Waals surface area contributed by atoms with Crippen molar-refractivity contribution in [2.75, 3.05) is 57.4 Å². The lowest BCUT2D eigenvalue weighted by atomic mass is 10.1. The molecule has 2 aliphatic heterocycles. The fourth-order valence-electron chi connectivity index (χ4n) is 4.07. The lowest BCUT2D eigenvalue weighted by Crippen LogP contribution is -2.36. The van der Waals surface area contributed by atoms with Crippen molar-refractivity contribution < 1.29 is 9.47 Å². The molecule has 31 heavy (non-hydrogen) atoms. The quantitative estimate of drug-likeness (QED) is 0.590. The number of rotatable bonds is 8. The fraction of sp³-hybridized carbons (Fsp3) is 0.542. The molecule has 0 saturated carbocycles. The summed E-state index contributed by atoms with van der Waals surface area (Å²) in [5, 5.41) is 8.80. The molecule has 0 unspecified atom stereocenters. The highest BCUT2D eigenvalue weighted by Crippen LogP contribution is 2.26. The van der Waals surface area contributed by atoms with Crippen molar-refractivity contribution in [3.8, 4) is 5.88 Å². The van der Waals surface area contributed by atoms with Crippen LogP contribution in [0.1, 0.15) is 30.4 Å². The minimum absolute atomic E-state index is 0.538. The van der Waals surface area contributed by atoms with E-state index in [2.05, 4.69) is 50.1 Å². The summed E-state index contributed by atoms with van der Waals surface area (Å²) in [5.41, 5.74) is 3.44. The average molecular weight is 424 g/mol. The van der Waals surface area contributed by atoms with Crippen LogP contribution in [0.5, 0.6) is 5.88 Å². The Labute approximate surface area is 185 Å². The second-order valence-electron chi connectivity index (χ2n) is 8.26. The smallest absolute Gasteiger partial charge is 0.217 e. The highest BCUT2D eigenvalue weighted by molar-refractivity contribution is 5.55. The average Bonchev–Trinajstić information content (AvgIpc) is 2.80. The van der Waals surface area contributed by atoms with Gasteiger partial charge in [-0.1, -0.05) is 36.2 Å². The van der Waals surface area contributed by atoms with Crippen LogP contribution >= 0.6 is 0 Å². The zero-order valence-corrected chi connectivity index (χ0v) is 18.5. The molecule has 0 aliphatic carbocycles. The largest absolute Gasteiger partial charge is 0.476 e. The molecule has 2 fully saturated rings. The van der Waals surface area contributed by atoms with Gasteiger partial charge in [0, 0.05) is 37.5 Å². The molecular formula is C24H33N5O2. The molecule has 2 aliphatic rings. The highest BCUT2D eigenvalue weighted by Gasteiger charge is 2.15. The van der Waals surface area contributed by atoms with Crippen LogP contribution in [0.2, 0.25) is 0 Å². The number of pyridine rings is 1. The van der Waals surface area contributed by atoms with E-state index in [0.29, 0.717) is 24.8 Å². The summed E-state index contributed by atoms with van der Waals surface area (Å²) >= 11 is 0. The molecule has 0 amide bonds. The molecule has 1 aromatic heterocycles. The second kappa shape index (κ2) is 11.2. The lowest BCUT2D eigenvalue weighted by molar-refractivity contribution is 0.122. The summed E-state index contributed by atoms with van der Waals surface area (Å²) in [6, 6.07) is 12.3. The van der Waals surface area contributed by atoms with Gasteiger partial charge < -0.3 is 14.4 Å². The number of aromatic nitrogens is 1. The number of morpholine rings is 1. The summed E-state index contributed by atoms with van der Waals surface area (Å²) in [7, 11) is 0. The Morgan fingerprint density at radius 3 is 2.68 bits per heavy atom. The predicted octanol–water partition coefficient (Wildman–Crippen LogP) is 4.38. The Hall–Kier alpha value is -2.51. The zero-order chi connectivity index (χ0) is 21.3. The van der Waals surface area contributed by atoms with Crippen LogP contribution in [0.4, 0.5) is 11.5 Å². The maximum Gasteiger partial charge on any atom is 0.217 e. The second-order valence-corrected chi connectivity index (χ2v) is 8.26. The van der Waals surface area contributed by atoms with Gasteiger partial charge in [0.05, 0.1) is 19.8 Å². The van der Waals surface area contributed by atoms with Gasteiger partial charge in [0.2, 0.25) is 5.88 Å². The Morgan fingerprint density at radius 2 is 1.87 bits per heavy atom. The van der Waals surface area contributed by atoms with Crippen molar-refractivity contribution >= 4 is 11.5 Å². The molecule has 0 bridgehead atoms. The first-order valence-corrected chi connectivity index (χ1v) is 11.4. The number of piperidine rings is 1. The molecule has 2 saturated heterocycles. The number of nitrogens with zero attached hydrogens (tertiary/aromatic N) is 5. The molecule has 7 heteroatoms. The van der Waals surface area contributed by atoms with Crippen LogP contribution in [0, 0.1) is 6.92 Å². The maximum atomic E-state index is 6.05. The van der Waals surface area contributed by atoms with E-state index < -0.39 is 0 Å². The van der Waals surface area contributed by atoms with Crippen molar-refractivity contribution in [3.05, 3.63) is 47.5 Å². The molecule has 0 spiro atoms. The molecule has 1 aromatic carbocycles. The van der Waals surface area contributed by atoms with Crippen molar-refractivity contribution in [2.45, 2.75) is 32.7 Å². The molecule has 4 rings (SSSR count). The molecule has 2 aromatic rings. The first-order valence-electron chi connectivity index (χ1n) is 11.4. The van der Waals surface area contributed by atoms with Gasteiger partial charge in [-0.3, -0.25) is 4.90 Å². The standard InChI is InChI=1S/C24H33N5O2/c1-20-6-5-7-21(16-20)19-25-27-23-17-22(29-11-13-30-14-12-29)18-24(26-23)31-15-10-28-8-3-2-4-9-28/h5-7,16-18H,2-4,8-15,19H2,1H3. The number of likely N-dealkylation sites (tertiary alicyclic amines) is 1. The van der Waals surface area contributed by atoms with Crippen molar-refractivity contribution in [2.24, 2.45) is 10.2 Å². The van der Waals surface area contributed by atoms with Crippen LogP contribution in [-0.4, -0.2) is 62.4 Å². The highest BCUT2D eigenvalue weighted by atomic mass is 16.5. The monoisotopic (exact) mass is 423 g/mol. The summed E-state index contributed by atoms with van der Waals surface area (Å²) < 4.78 is 11.6. The number of azo groups is 1. The number of ether oxygens (including phenoxy) is 2. The van der Waals surface area contributed by atoms with E-state index in [-0.39, 0.29) is 0 Å². The van der Waals surface area contributed by atoms with Crippen LogP contribution in [-0.2, 0) is 11.3 Å². The Bertz CT molecular complexity index is 861. The third-order valence-electron chi connectivity index (χ3n) is 5.76. The molecule has 166 valence electrons. The SMILES string of the molecule is Cc1cccc(CN=Nc2cc(N3CCOCC3)cc(OCCN3CCCCC3)n2)c1. The van der Waals surface area contributed by atoms with Crippen LogP contribution in [0.3, 0.4) is 0 Å². The molecule has 0 N–H and O–H groups in total. The third-order valence-corrected chi connectivity index (χ3v) is 5.76. The van der Waals surface area contributed by atoms with E-state index in [4.69, 9.17) is 9.47 Å². The number of anilines is 1. The fourth-order valence-corrected chi connectivity index (χ4v) is 4.07. The minimum Gasteiger partial charge on any atom is -0.476 e. The molecular weight excluding hydrogens is 390 g/mol. The van der Waals surface area contributed by atoms with Gasteiger partial charge in [-0.25, -0.2) is 0 Å². The van der Waals surface area contributed by atoms with E-state index in [0.717, 1.165) is 44.1 Å². The van der Waals surface area contributed by atoms with E-state index in [1.165, 1.54) is 37.9 Å². The van der Waals surface area contributed by atoms with Gasteiger partial charge >= 0.3 is 0 Å². The van der Waals surface area contributed by atoms with Gasteiger partial charge in [0.15, 0.2) is 5.82 Å². The zero-order valence-electron chi connectivity index (χ0n) is 18.5. The Kier molecular flexibility index (Phi) is 7.85. The van der Waals surface area contributed by atoms with Gasteiger partial charge in [-0.05, 0) is 38.4 Å². The molecule has 0 atom stereocenters. The van der Waals surface area contributed by atoms with E-state index >= 15 is 0 Å². The minimum atomic E-state index is 0.538. The first kappa shape index (κ1) is 21.7. The first-order chi connectivity index (χ1) is 15.3. The van der Waals surface area contributed by atoms with Crippen LogP contribution in [0.25, 0.3) is 0 Å².